The van der Waals surface area contributed by atoms with Crippen molar-refractivity contribution in [3.63, 3.8) is 0 Å². The van der Waals surface area contributed by atoms with Crippen LogP contribution in [0, 0.1) is 5.92 Å². The number of nitrogens with one attached hydrogen (secondary N) is 1. The van der Waals surface area contributed by atoms with Gasteiger partial charge in [0.15, 0.2) is 0 Å². The number of hydrogen-bond donors (Lipinski definition) is 1. The summed E-state index contributed by atoms with van der Waals surface area (Å²) >= 11 is 0. The van der Waals surface area contributed by atoms with Crippen LogP contribution in [-0.2, 0) is 4.79 Å². The number of fused-ring (bicyclic) bond motifs is 1. The Bertz CT molecular complexity index is 651. The third-order valence-corrected chi connectivity index (χ3v) is 3.77. The number of ether oxygens (including phenoxy) is 1. The molecule has 0 atom stereocenters. The molecule has 0 unspecified atom stereocenters. The maximum absolute atomic E-state index is 11.6. The molecule has 0 bridgehead atoms. The average molecular weight is 271 g/mol. The molecule has 2 heterocycles. The first-order chi connectivity index (χ1) is 9.72. The van der Waals surface area contributed by atoms with E-state index in [2.05, 4.69) is 15.2 Å². The van der Waals surface area contributed by atoms with E-state index in [1.807, 2.05) is 24.3 Å². The fourth-order valence-electron chi connectivity index (χ4n) is 2.56. The number of carbonyl (C=O) groups excluding carboxylic acids is 1. The van der Waals surface area contributed by atoms with Gasteiger partial charge in [0.2, 0.25) is 5.91 Å². The molecule has 1 amide bonds. The third kappa shape index (κ3) is 2.05. The van der Waals surface area contributed by atoms with E-state index in [1.54, 1.807) is 20.4 Å². The highest BCUT2D eigenvalue weighted by Crippen LogP contribution is 2.32. The van der Waals surface area contributed by atoms with Crippen LogP contribution in [0.25, 0.3) is 10.9 Å². The second-order valence-corrected chi connectivity index (χ2v) is 4.93. The minimum absolute atomic E-state index is 0.0776. The van der Waals surface area contributed by atoms with Crippen molar-refractivity contribution in [1.82, 2.24) is 10.3 Å². The van der Waals surface area contributed by atoms with Gasteiger partial charge in [0, 0.05) is 37.4 Å². The van der Waals surface area contributed by atoms with Gasteiger partial charge in [0.25, 0.3) is 0 Å². The Balaban J connectivity index is 1.91. The topological polar surface area (TPSA) is 54.5 Å². The van der Waals surface area contributed by atoms with Crippen molar-refractivity contribution in [2.45, 2.75) is 0 Å². The van der Waals surface area contributed by atoms with Crippen molar-refractivity contribution in [3.8, 4) is 5.75 Å². The Morgan fingerprint density at radius 3 is 2.90 bits per heavy atom. The Hall–Kier alpha value is -2.30. The highest BCUT2D eigenvalue weighted by Gasteiger charge is 2.32. The fourth-order valence-corrected chi connectivity index (χ4v) is 2.56. The maximum Gasteiger partial charge on any atom is 0.226 e. The van der Waals surface area contributed by atoms with Crippen LogP contribution in [0.3, 0.4) is 0 Å². The van der Waals surface area contributed by atoms with Crippen molar-refractivity contribution in [1.29, 1.82) is 0 Å². The summed E-state index contributed by atoms with van der Waals surface area (Å²) in [5, 5.41) is 3.75. The molecular formula is C15H17N3O2. The molecular weight excluding hydrogens is 254 g/mol. The Kier molecular flexibility index (Phi) is 3.18. The Morgan fingerprint density at radius 1 is 1.40 bits per heavy atom. The van der Waals surface area contributed by atoms with E-state index in [4.69, 9.17) is 4.74 Å². The van der Waals surface area contributed by atoms with Crippen LogP contribution in [0.15, 0.2) is 30.5 Å². The van der Waals surface area contributed by atoms with Gasteiger partial charge in [-0.25, -0.2) is 0 Å². The van der Waals surface area contributed by atoms with E-state index in [-0.39, 0.29) is 11.8 Å². The standard InChI is InChI=1S/C15H17N3O2/c1-16-15(19)10-8-18(9-10)14-5-6-17-13-4-3-11(20-2)7-12(13)14/h3-7,10H,8-9H2,1-2H3,(H,16,19). The summed E-state index contributed by atoms with van der Waals surface area (Å²) in [6.45, 7) is 1.49. The first kappa shape index (κ1) is 12.7. The normalized spacial score (nSPS) is 15.0. The Morgan fingerprint density at radius 2 is 2.20 bits per heavy atom. The number of methoxy groups -OCH3 is 1. The lowest BCUT2D eigenvalue weighted by molar-refractivity contribution is -0.125. The van der Waals surface area contributed by atoms with Gasteiger partial charge in [-0.05, 0) is 24.3 Å². The first-order valence-corrected chi connectivity index (χ1v) is 6.62. The lowest BCUT2D eigenvalue weighted by atomic mass is 9.97. The summed E-state index contributed by atoms with van der Waals surface area (Å²) in [5.41, 5.74) is 2.04. The zero-order chi connectivity index (χ0) is 14.1. The summed E-state index contributed by atoms with van der Waals surface area (Å²) in [5.74, 6) is 1.00. The highest BCUT2D eigenvalue weighted by molar-refractivity contribution is 5.94. The molecule has 0 saturated carbocycles. The number of benzene rings is 1. The van der Waals surface area contributed by atoms with Crippen molar-refractivity contribution < 1.29 is 9.53 Å². The smallest absolute Gasteiger partial charge is 0.226 e. The van der Waals surface area contributed by atoms with Crippen LogP contribution in [0.2, 0.25) is 0 Å². The number of hydrogen-bond acceptors (Lipinski definition) is 4. The molecule has 2 aromatic rings. The summed E-state index contributed by atoms with van der Waals surface area (Å²) in [7, 11) is 3.33. The molecule has 1 aromatic carbocycles. The molecule has 0 aliphatic carbocycles. The van der Waals surface area contributed by atoms with E-state index in [9.17, 15) is 4.79 Å². The van der Waals surface area contributed by atoms with Crippen LogP contribution in [0.4, 0.5) is 5.69 Å². The van der Waals surface area contributed by atoms with Gasteiger partial charge >= 0.3 is 0 Å². The fraction of sp³-hybridized carbons (Fsp3) is 0.333. The third-order valence-electron chi connectivity index (χ3n) is 3.77. The number of carbonyl (C=O) groups is 1. The van der Waals surface area contributed by atoms with Crippen molar-refractivity contribution in [3.05, 3.63) is 30.5 Å². The molecule has 1 fully saturated rings. The summed E-state index contributed by atoms with van der Waals surface area (Å²) in [6.07, 6.45) is 1.80. The van der Waals surface area contributed by atoms with E-state index < -0.39 is 0 Å². The Labute approximate surface area is 117 Å². The number of amides is 1. The van der Waals surface area contributed by atoms with E-state index in [0.29, 0.717) is 0 Å². The van der Waals surface area contributed by atoms with Gasteiger partial charge < -0.3 is 15.0 Å². The second kappa shape index (κ2) is 5.00. The number of aromatic nitrogens is 1. The molecule has 5 nitrogen and oxygen atoms in total. The van der Waals surface area contributed by atoms with Crippen LogP contribution in [0.5, 0.6) is 5.75 Å². The van der Waals surface area contributed by atoms with Crippen LogP contribution in [-0.4, -0.2) is 38.1 Å². The SMILES string of the molecule is CNC(=O)C1CN(c2ccnc3ccc(OC)cc23)C1. The molecule has 104 valence electrons. The predicted molar refractivity (Wildman–Crippen MR) is 78.1 cm³/mol. The molecule has 0 radical (unpaired) electrons. The van der Waals surface area contributed by atoms with E-state index in [0.717, 1.165) is 35.4 Å². The quantitative estimate of drug-likeness (QED) is 0.917. The summed E-state index contributed by atoms with van der Waals surface area (Å²) in [6, 6.07) is 7.84. The van der Waals surface area contributed by atoms with Crippen molar-refractivity contribution in [2.24, 2.45) is 5.92 Å². The molecule has 3 rings (SSSR count). The number of nitrogens with zero attached hydrogens (tertiary/aromatic N) is 2. The van der Waals surface area contributed by atoms with Gasteiger partial charge in [0.05, 0.1) is 18.5 Å². The maximum atomic E-state index is 11.6. The number of anilines is 1. The average Bonchev–Trinajstić information content (AvgIpc) is 2.45. The number of rotatable bonds is 3. The van der Waals surface area contributed by atoms with Gasteiger partial charge in [-0.3, -0.25) is 9.78 Å². The lowest BCUT2D eigenvalue weighted by Crippen LogP contribution is -2.53. The minimum Gasteiger partial charge on any atom is -0.497 e. The molecule has 5 heteroatoms. The van der Waals surface area contributed by atoms with Gasteiger partial charge in [-0.1, -0.05) is 0 Å². The van der Waals surface area contributed by atoms with Gasteiger partial charge in [0.1, 0.15) is 5.75 Å². The van der Waals surface area contributed by atoms with Gasteiger partial charge in [-0.2, -0.15) is 0 Å². The molecule has 20 heavy (non-hydrogen) atoms. The first-order valence-electron chi connectivity index (χ1n) is 6.62. The van der Waals surface area contributed by atoms with Crippen LogP contribution < -0.4 is 15.0 Å². The predicted octanol–water partition coefficient (Wildman–Crippen LogP) is 1.43. The van der Waals surface area contributed by atoms with Crippen molar-refractivity contribution in [2.75, 3.05) is 32.1 Å². The minimum atomic E-state index is 0.0776. The highest BCUT2D eigenvalue weighted by atomic mass is 16.5. The second-order valence-electron chi connectivity index (χ2n) is 4.93. The molecule has 1 aliphatic heterocycles. The monoisotopic (exact) mass is 271 g/mol. The molecule has 0 spiro atoms. The largest absolute Gasteiger partial charge is 0.497 e. The number of pyridine rings is 1. The molecule has 1 N–H and O–H groups in total. The molecule has 1 aromatic heterocycles. The molecule has 1 saturated heterocycles. The summed E-state index contributed by atoms with van der Waals surface area (Å²) in [4.78, 5) is 18.1. The van der Waals surface area contributed by atoms with E-state index >= 15 is 0 Å². The van der Waals surface area contributed by atoms with E-state index in [1.165, 1.54) is 0 Å². The van der Waals surface area contributed by atoms with Crippen LogP contribution >= 0.6 is 0 Å². The zero-order valence-electron chi connectivity index (χ0n) is 11.6. The summed E-state index contributed by atoms with van der Waals surface area (Å²) < 4.78 is 5.28. The zero-order valence-corrected chi connectivity index (χ0v) is 11.6. The lowest BCUT2D eigenvalue weighted by Gasteiger charge is -2.40. The molecule has 1 aliphatic rings. The van der Waals surface area contributed by atoms with Crippen molar-refractivity contribution >= 4 is 22.5 Å². The van der Waals surface area contributed by atoms with Gasteiger partial charge in [-0.15, -0.1) is 0 Å². The van der Waals surface area contributed by atoms with Crippen LogP contribution in [0.1, 0.15) is 0 Å².